The number of aliphatic hydroxyl groups excluding tert-OH is 2. The van der Waals surface area contributed by atoms with Crippen LogP contribution >= 0.6 is 0 Å². The topological polar surface area (TPSA) is 40.5 Å². The monoisotopic (exact) mass is 728 g/mol. The number of hydrogen-bond acceptors (Lipinski definition) is 2. The van der Waals surface area contributed by atoms with Crippen molar-refractivity contribution in [1.82, 2.24) is 0 Å². The van der Waals surface area contributed by atoms with E-state index >= 15 is 0 Å². The molecule has 0 saturated carbocycles. The van der Waals surface area contributed by atoms with Crippen LogP contribution in [0.5, 0.6) is 0 Å². The molecule has 4 nitrogen and oxygen atoms in total. The average molecular weight is 731 g/mol. The number of quaternary nitrogens is 2. The molecule has 0 spiro atoms. The summed E-state index contributed by atoms with van der Waals surface area (Å²) in [4.78, 5) is 0. The Bertz CT molecular complexity index is 433. The van der Waals surface area contributed by atoms with E-state index in [0.717, 1.165) is 22.1 Å². The van der Waals surface area contributed by atoms with Crippen LogP contribution in [0.3, 0.4) is 0 Å². The van der Waals surface area contributed by atoms with Gasteiger partial charge in [0.15, 0.2) is 0 Å². The number of nitrogens with zero attached hydrogens (tertiary/aromatic N) is 2. The Morgan fingerprint density at radius 2 is 0.476 bits per heavy atom. The molecule has 258 valence electrons. The molecule has 0 saturated heterocycles. The van der Waals surface area contributed by atoms with E-state index in [4.69, 9.17) is 0 Å². The summed E-state index contributed by atoms with van der Waals surface area (Å²) in [6.07, 6.45) is 30.4. The van der Waals surface area contributed by atoms with Crippen LogP contribution in [0.25, 0.3) is 0 Å². The second-order valence-electron chi connectivity index (χ2n) is 13.3. The molecule has 0 atom stereocenters. The lowest BCUT2D eigenvalue weighted by atomic mass is 10.0. The van der Waals surface area contributed by atoms with E-state index in [9.17, 15) is 10.2 Å². The first kappa shape index (κ1) is 47.2. The zero-order chi connectivity index (χ0) is 29.6. The van der Waals surface area contributed by atoms with Crippen molar-refractivity contribution in [2.45, 2.75) is 169 Å². The van der Waals surface area contributed by atoms with Gasteiger partial charge in [0.1, 0.15) is 13.1 Å². The minimum atomic E-state index is 0. The Morgan fingerprint density at radius 3 is 0.643 bits per heavy atom. The zero-order valence-electron chi connectivity index (χ0n) is 29.2. The number of rotatable bonds is 33. The molecule has 6 heteroatoms. The minimum absolute atomic E-state index is 0. The van der Waals surface area contributed by atoms with Crippen molar-refractivity contribution >= 4 is 0 Å². The molecule has 0 aliphatic rings. The number of halogens is 2. The fourth-order valence-corrected chi connectivity index (χ4v) is 7.39. The normalized spacial score (nSPS) is 11.9. The van der Waals surface area contributed by atoms with Crippen LogP contribution in [-0.2, 0) is 0 Å². The molecule has 0 amide bonds. The van der Waals surface area contributed by atoms with Crippen molar-refractivity contribution in [3.63, 3.8) is 0 Å². The maximum absolute atomic E-state index is 9.55. The highest BCUT2D eigenvalue weighted by Gasteiger charge is 2.25. The lowest BCUT2D eigenvalue weighted by Gasteiger charge is -2.38. The van der Waals surface area contributed by atoms with Crippen LogP contribution in [-0.4, -0.2) is 84.8 Å². The molecular weight excluding hydrogens is 652 g/mol. The number of hydrogen-bond donors (Lipinski definition) is 2. The largest absolute Gasteiger partial charge is 1.00 e. The van der Waals surface area contributed by atoms with E-state index in [2.05, 4.69) is 27.7 Å². The van der Waals surface area contributed by atoms with Gasteiger partial charge in [0.25, 0.3) is 0 Å². The van der Waals surface area contributed by atoms with Crippen LogP contribution in [0.1, 0.15) is 169 Å². The van der Waals surface area contributed by atoms with E-state index in [-0.39, 0.29) is 34.0 Å². The van der Waals surface area contributed by atoms with Gasteiger partial charge in [-0.1, -0.05) is 118 Å². The molecule has 0 aromatic heterocycles. The highest BCUT2D eigenvalue weighted by Crippen LogP contribution is 2.17. The maximum Gasteiger partial charge on any atom is 0.102 e. The smallest absolute Gasteiger partial charge is 0.102 e. The highest BCUT2D eigenvalue weighted by molar-refractivity contribution is 4.53. The summed E-state index contributed by atoms with van der Waals surface area (Å²) in [5.74, 6) is 0. The number of aliphatic hydroxyl groups is 2. The Labute approximate surface area is 286 Å². The van der Waals surface area contributed by atoms with Crippen LogP contribution in [0, 0.1) is 0 Å². The van der Waals surface area contributed by atoms with Gasteiger partial charge in [0, 0.05) is 0 Å². The first-order chi connectivity index (χ1) is 19.6. The molecule has 0 aliphatic heterocycles. The summed E-state index contributed by atoms with van der Waals surface area (Å²) in [6, 6.07) is 0. The third-order valence-corrected chi connectivity index (χ3v) is 9.46. The van der Waals surface area contributed by atoms with Crippen LogP contribution in [0.4, 0.5) is 0 Å². The summed E-state index contributed by atoms with van der Waals surface area (Å²) in [7, 11) is 0. The standard InChI is InChI=1S/C36H78N2O2.2BrH/c1-5-27-37(28-6-2,33-35-39)31-25-23-21-19-17-15-13-11-9-10-12-14-16-18-20-22-24-26-32-38(29-7-3,30-8-4)34-36-40;;/h39-40H,5-36H2,1-4H3;2*1H/q+2;;/p-2. The molecule has 0 bridgehead atoms. The van der Waals surface area contributed by atoms with Crippen molar-refractivity contribution in [1.29, 1.82) is 0 Å². The molecule has 0 rings (SSSR count). The van der Waals surface area contributed by atoms with Gasteiger partial charge in [-0.25, -0.2) is 0 Å². The molecule has 0 aliphatic carbocycles. The summed E-state index contributed by atoms with van der Waals surface area (Å²) < 4.78 is 2.29. The predicted octanol–water partition coefficient (Wildman–Crippen LogP) is 3.27. The number of unbranched alkanes of at least 4 members (excludes halogenated alkanes) is 17. The molecule has 0 fully saturated rings. The first-order valence-electron chi connectivity index (χ1n) is 18.5. The summed E-state index contributed by atoms with van der Waals surface area (Å²) in [6.45, 7) is 19.2. The van der Waals surface area contributed by atoms with Crippen molar-refractivity contribution in [2.24, 2.45) is 0 Å². The van der Waals surface area contributed by atoms with E-state index in [0.29, 0.717) is 13.2 Å². The van der Waals surface area contributed by atoms with Crippen molar-refractivity contribution < 1.29 is 53.1 Å². The predicted molar refractivity (Wildman–Crippen MR) is 178 cm³/mol. The molecule has 0 radical (unpaired) electrons. The summed E-state index contributed by atoms with van der Waals surface area (Å²) in [5, 5.41) is 19.1. The van der Waals surface area contributed by atoms with Crippen molar-refractivity contribution in [3.8, 4) is 0 Å². The third kappa shape index (κ3) is 26.1. The maximum atomic E-state index is 9.55. The fourth-order valence-electron chi connectivity index (χ4n) is 7.39. The van der Waals surface area contributed by atoms with Crippen LogP contribution in [0.15, 0.2) is 0 Å². The lowest BCUT2D eigenvalue weighted by molar-refractivity contribution is -0.928. The van der Waals surface area contributed by atoms with Gasteiger partial charge < -0.3 is 53.1 Å². The van der Waals surface area contributed by atoms with Crippen LogP contribution in [0.2, 0.25) is 0 Å². The molecule has 0 aromatic rings. The van der Waals surface area contributed by atoms with E-state index < -0.39 is 0 Å². The Hall–Kier alpha value is 0.800. The average Bonchev–Trinajstić information content (AvgIpc) is 2.93. The lowest BCUT2D eigenvalue weighted by Crippen LogP contribution is -3.00. The van der Waals surface area contributed by atoms with Crippen molar-refractivity contribution in [3.05, 3.63) is 0 Å². The minimum Gasteiger partial charge on any atom is -1.00 e. The Balaban J connectivity index is -0.00000760. The van der Waals surface area contributed by atoms with Crippen LogP contribution < -0.4 is 34.0 Å². The summed E-state index contributed by atoms with van der Waals surface area (Å²) in [5.41, 5.74) is 0. The van der Waals surface area contributed by atoms with E-state index in [1.54, 1.807) is 0 Å². The SMILES string of the molecule is CCC[N+](CCC)(CCO)CCCCCCCCCCCCCCCCCCCC[N+](CCC)(CCC)CCO.[Br-].[Br-]. The second-order valence-corrected chi connectivity index (χ2v) is 13.3. The third-order valence-electron chi connectivity index (χ3n) is 9.46. The van der Waals surface area contributed by atoms with Gasteiger partial charge in [0.2, 0.25) is 0 Å². The van der Waals surface area contributed by atoms with E-state index in [1.807, 2.05) is 0 Å². The Morgan fingerprint density at radius 1 is 0.286 bits per heavy atom. The van der Waals surface area contributed by atoms with Gasteiger partial charge in [-0.2, -0.15) is 0 Å². The Kier molecular flexibility index (Phi) is 39.0. The molecule has 0 unspecified atom stereocenters. The summed E-state index contributed by atoms with van der Waals surface area (Å²) >= 11 is 0. The van der Waals surface area contributed by atoms with Gasteiger partial charge >= 0.3 is 0 Å². The van der Waals surface area contributed by atoms with Gasteiger partial charge in [0.05, 0.1) is 52.5 Å². The molecule has 2 N–H and O–H groups in total. The molecular formula is C36H78Br2N2O2. The molecule has 42 heavy (non-hydrogen) atoms. The second kappa shape index (κ2) is 34.7. The van der Waals surface area contributed by atoms with Gasteiger partial charge in [-0.15, -0.1) is 0 Å². The fraction of sp³-hybridized carbons (Fsp3) is 1.00. The van der Waals surface area contributed by atoms with Crippen molar-refractivity contribution in [2.75, 3.05) is 65.6 Å². The van der Waals surface area contributed by atoms with E-state index in [1.165, 1.54) is 181 Å². The van der Waals surface area contributed by atoms with Gasteiger partial charge in [-0.05, 0) is 51.4 Å². The first-order valence-corrected chi connectivity index (χ1v) is 18.5. The highest BCUT2D eigenvalue weighted by atomic mass is 79.9. The molecule has 0 aromatic carbocycles. The molecule has 0 heterocycles. The quantitative estimate of drug-likeness (QED) is 0.0805. The van der Waals surface area contributed by atoms with Gasteiger partial charge in [-0.3, -0.25) is 0 Å². The zero-order valence-corrected chi connectivity index (χ0v) is 32.3.